The summed E-state index contributed by atoms with van der Waals surface area (Å²) in [5, 5.41) is 0. The maximum Gasteiger partial charge on any atom is 0.243 e. The van der Waals surface area contributed by atoms with E-state index < -0.39 is 10.0 Å². The average molecular weight is 358 g/mol. The molecule has 0 aromatic heterocycles. The van der Waals surface area contributed by atoms with E-state index in [0.717, 1.165) is 32.1 Å². The number of benzene rings is 2. The number of hydrogen-bond donors (Lipinski definition) is 0. The fourth-order valence-corrected chi connectivity index (χ4v) is 5.04. The molecule has 0 saturated carbocycles. The molecule has 0 bridgehead atoms. The Labute approximate surface area is 151 Å². The van der Waals surface area contributed by atoms with Crippen LogP contribution in [0.4, 0.5) is 0 Å². The van der Waals surface area contributed by atoms with Gasteiger partial charge in [0, 0.05) is 13.1 Å². The maximum absolute atomic E-state index is 12.8. The van der Waals surface area contributed by atoms with E-state index in [4.69, 9.17) is 0 Å². The number of aryl methyl sites for hydroxylation is 1. The van der Waals surface area contributed by atoms with Crippen molar-refractivity contribution in [2.75, 3.05) is 13.1 Å². The van der Waals surface area contributed by atoms with E-state index >= 15 is 0 Å². The maximum atomic E-state index is 12.8. The molecule has 1 saturated heterocycles. The lowest BCUT2D eigenvalue weighted by Crippen LogP contribution is -2.38. The Kier molecular flexibility index (Phi) is 5.92. The molecule has 0 radical (unpaired) electrons. The standard InChI is InChI=1S/C21H27NO2S/c1-2-6-18-9-11-21(12-10-18)25(23,24)22-15-13-20(14-16-22)17-19-7-4-3-5-8-19/h3-5,7-12,20H,2,6,13-17H2,1H3. The van der Waals surface area contributed by atoms with Gasteiger partial charge in [0.2, 0.25) is 10.0 Å². The third-order valence-corrected chi connectivity index (χ3v) is 6.95. The van der Waals surface area contributed by atoms with Crippen molar-refractivity contribution in [3.05, 3.63) is 65.7 Å². The van der Waals surface area contributed by atoms with E-state index in [2.05, 4.69) is 31.2 Å². The lowest BCUT2D eigenvalue weighted by molar-refractivity contribution is 0.273. The van der Waals surface area contributed by atoms with E-state index in [1.54, 1.807) is 16.4 Å². The van der Waals surface area contributed by atoms with Crippen LogP contribution in [-0.2, 0) is 22.9 Å². The molecule has 2 aromatic carbocycles. The van der Waals surface area contributed by atoms with Crippen LogP contribution in [-0.4, -0.2) is 25.8 Å². The van der Waals surface area contributed by atoms with Gasteiger partial charge in [-0.15, -0.1) is 0 Å². The first-order chi connectivity index (χ1) is 12.1. The Hall–Kier alpha value is -1.65. The molecule has 3 rings (SSSR count). The Morgan fingerprint density at radius 3 is 2.16 bits per heavy atom. The van der Waals surface area contributed by atoms with Crippen molar-refractivity contribution in [3.63, 3.8) is 0 Å². The highest BCUT2D eigenvalue weighted by molar-refractivity contribution is 7.89. The molecule has 25 heavy (non-hydrogen) atoms. The summed E-state index contributed by atoms with van der Waals surface area (Å²) < 4.78 is 27.4. The Morgan fingerprint density at radius 2 is 1.56 bits per heavy atom. The molecular weight excluding hydrogens is 330 g/mol. The van der Waals surface area contributed by atoms with E-state index in [1.165, 1.54) is 11.1 Å². The third-order valence-electron chi connectivity index (χ3n) is 5.04. The second-order valence-electron chi connectivity index (χ2n) is 6.93. The fraction of sp³-hybridized carbons (Fsp3) is 0.429. The number of sulfonamides is 1. The molecule has 1 heterocycles. The zero-order chi connectivity index (χ0) is 17.7. The molecule has 1 aliphatic heterocycles. The van der Waals surface area contributed by atoms with E-state index in [0.29, 0.717) is 23.9 Å². The number of nitrogens with zero attached hydrogens (tertiary/aromatic N) is 1. The Balaban J connectivity index is 1.61. The summed E-state index contributed by atoms with van der Waals surface area (Å²) in [6.45, 7) is 3.37. The first kappa shape index (κ1) is 18.2. The number of piperidine rings is 1. The van der Waals surface area contributed by atoms with Crippen LogP contribution in [0.5, 0.6) is 0 Å². The summed E-state index contributed by atoms with van der Waals surface area (Å²) in [6, 6.07) is 17.9. The van der Waals surface area contributed by atoms with Crippen LogP contribution in [0.1, 0.15) is 37.3 Å². The van der Waals surface area contributed by atoms with Crippen LogP contribution in [0.25, 0.3) is 0 Å². The molecule has 1 aliphatic rings. The van der Waals surface area contributed by atoms with Gasteiger partial charge in [-0.3, -0.25) is 0 Å². The van der Waals surface area contributed by atoms with Gasteiger partial charge in [-0.2, -0.15) is 4.31 Å². The predicted molar refractivity (Wildman–Crippen MR) is 102 cm³/mol. The molecule has 1 fully saturated rings. The van der Waals surface area contributed by atoms with Gasteiger partial charge < -0.3 is 0 Å². The zero-order valence-electron chi connectivity index (χ0n) is 14.9. The van der Waals surface area contributed by atoms with Crippen LogP contribution in [0.2, 0.25) is 0 Å². The van der Waals surface area contributed by atoms with Crippen molar-refractivity contribution in [3.8, 4) is 0 Å². The fourth-order valence-electron chi connectivity index (χ4n) is 3.57. The van der Waals surface area contributed by atoms with Crippen molar-refractivity contribution in [1.82, 2.24) is 4.31 Å². The molecule has 0 aliphatic carbocycles. The van der Waals surface area contributed by atoms with Gasteiger partial charge in [0.05, 0.1) is 4.90 Å². The smallest absolute Gasteiger partial charge is 0.207 e. The minimum absolute atomic E-state index is 0.425. The summed E-state index contributed by atoms with van der Waals surface area (Å²) in [4.78, 5) is 0.425. The first-order valence-electron chi connectivity index (χ1n) is 9.22. The number of rotatable bonds is 6. The van der Waals surface area contributed by atoms with Crippen molar-refractivity contribution < 1.29 is 8.42 Å². The Morgan fingerprint density at radius 1 is 0.920 bits per heavy atom. The SMILES string of the molecule is CCCc1ccc(S(=O)(=O)N2CCC(Cc3ccccc3)CC2)cc1. The largest absolute Gasteiger partial charge is 0.243 e. The van der Waals surface area contributed by atoms with Crippen molar-refractivity contribution in [2.24, 2.45) is 5.92 Å². The molecule has 134 valence electrons. The van der Waals surface area contributed by atoms with Gasteiger partial charge in [-0.1, -0.05) is 55.8 Å². The molecular formula is C21H27NO2S. The van der Waals surface area contributed by atoms with E-state index in [1.807, 2.05) is 18.2 Å². The van der Waals surface area contributed by atoms with E-state index in [9.17, 15) is 8.42 Å². The van der Waals surface area contributed by atoms with Crippen molar-refractivity contribution in [1.29, 1.82) is 0 Å². The average Bonchev–Trinajstić information content (AvgIpc) is 2.64. The van der Waals surface area contributed by atoms with Crippen LogP contribution < -0.4 is 0 Å². The van der Waals surface area contributed by atoms with Crippen molar-refractivity contribution >= 4 is 10.0 Å². The second kappa shape index (κ2) is 8.15. The number of hydrogen-bond acceptors (Lipinski definition) is 2. The molecule has 3 nitrogen and oxygen atoms in total. The van der Waals surface area contributed by atoms with Crippen LogP contribution in [0.15, 0.2) is 59.5 Å². The van der Waals surface area contributed by atoms with Gasteiger partial charge in [-0.25, -0.2) is 8.42 Å². The van der Waals surface area contributed by atoms with Gasteiger partial charge >= 0.3 is 0 Å². The summed E-state index contributed by atoms with van der Waals surface area (Å²) in [7, 11) is -3.36. The van der Waals surface area contributed by atoms with Gasteiger partial charge in [0.25, 0.3) is 0 Å². The molecule has 0 N–H and O–H groups in total. The molecule has 0 atom stereocenters. The third kappa shape index (κ3) is 4.50. The van der Waals surface area contributed by atoms with Crippen LogP contribution >= 0.6 is 0 Å². The van der Waals surface area contributed by atoms with Crippen molar-refractivity contribution in [2.45, 2.75) is 43.9 Å². The van der Waals surface area contributed by atoms with Gasteiger partial charge in [0.1, 0.15) is 0 Å². The second-order valence-corrected chi connectivity index (χ2v) is 8.87. The molecule has 0 unspecified atom stereocenters. The molecule has 2 aromatic rings. The summed E-state index contributed by atoms with van der Waals surface area (Å²) in [6.07, 6.45) is 4.97. The Bertz CT molecular complexity index is 761. The predicted octanol–water partition coefficient (Wildman–Crippen LogP) is 4.28. The summed E-state index contributed by atoms with van der Waals surface area (Å²) >= 11 is 0. The highest BCUT2D eigenvalue weighted by Crippen LogP contribution is 2.26. The highest BCUT2D eigenvalue weighted by Gasteiger charge is 2.29. The normalized spacial score (nSPS) is 16.8. The summed E-state index contributed by atoms with van der Waals surface area (Å²) in [5.74, 6) is 0.570. The highest BCUT2D eigenvalue weighted by atomic mass is 32.2. The van der Waals surface area contributed by atoms with Crippen LogP contribution in [0, 0.1) is 5.92 Å². The van der Waals surface area contributed by atoms with Crippen LogP contribution in [0.3, 0.4) is 0 Å². The molecule has 4 heteroatoms. The lowest BCUT2D eigenvalue weighted by atomic mass is 9.91. The topological polar surface area (TPSA) is 37.4 Å². The quantitative estimate of drug-likeness (QED) is 0.774. The summed E-state index contributed by atoms with van der Waals surface area (Å²) in [5.41, 5.74) is 2.54. The monoisotopic (exact) mass is 357 g/mol. The zero-order valence-corrected chi connectivity index (χ0v) is 15.7. The molecule has 0 spiro atoms. The first-order valence-corrected chi connectivity index (χ1v) is 10.7. The van der Waals surface area contributed by atoms with E-state index in [-0.39, 0.29) is 0 Å². The minimum Gasteiger partial charge on any atom is -0.207 e. The van der Waals surface area contributed by atoms with Gasteiger partial charge in [0.15, 0.2) is 0 Å². The molecule has 0 amide bonds. The minimum atomic E-state index is -3.36. The van der Waals surface area contributed by atoms with Gasteiger partial charge in [-0.05, 0) is 54.9 Å². The lowest BCUT2D eigenvalue weighted by Gasteiger charge is -2.31.